The van der Waals surface area contributed by atoms with Gasteiger partial charge >= 0.3 is 0 Å². The van der Waals surface area contributed by atoms with E-state index in [9.17, 15) is 0 Å². The van der Waals surface area contributed by atoms with Crippen LogP contribution in [-0.4, -0.2) is 68.1 Å². The van der Waals surface area contributed by atoms with Gasteiger partial charge in [0.25, 0.3) is 0 Å². The normalized spacial score (nSPS) is 18.1. The predicted molar refractivity (Wildman–Crippen MR) is 112 cm³/mol. The van der Waals surface area contributed by atoms with E-state index < -0.39 is 0 Å². The highest BCUT2D eigenvalue weighted by atomic mass is 15.2. The highest BCUT2D eigenvalue weighted by molar-refractivity contribution is 5.79. The predicted octanol–water partition coefficient (Wildman–Crippen LogP) is 2.72. The van der Waals surface area contributed by atoms with E-state index in [1.54, 1.807) is 0 Å². The van der Waals surface area contributed by atoms with Gasteiger partial charge in [-0.25, -0.2) is 0 Å². The van der Waals surface area contributed by atoms with Crippen molar-refractivity contribution in [3.05, 3.63) is 35.9 Å². The summed E-state index contributed by atoms with van der Waals surface area (Å²) in [5, 5.41) is 7.05. The van der Waals surface area contributed by atoms with Gasteiger partial charge in [-0.2, -0.15) is 0 Å². The van der Waals surface area contributed by atoms with Crippen molar-refractivity contribution >= 4 is 5.96 Å². The highest BCUT2D eigenvalue weighted by Crippen LogP contribution is 2.24. The first-order valence-corrected chi connectivity index (χ1v) is 10.2. The zero-order valence-electron chi connectivity index (χ0n) is 17.0. The molecule has 5 heteroatoms. The van der Waals surface area contributed by atoms with Crippen LogP contribution in [0, 0.1) is 0 Å². The third-order valence-electron chi connectivity index (χ3n) is 5.45. The molecule has 1 aliphatic rings. The van der Waals surface area contributed by atoms with Crippen molar-refractivity contribution in [3.8, 4) is 0 Å². The Bertz CT molecular complexity index is 520. The lowest BCUT2D eigenvalue weighted by molar-refractivity contribution is 0.230. The van der Waals surface area contributed by atoms with Crippen molar-refractivity contribution in [2.45, 2.75) is 45.7 Å². The molecule has 1 heterocycles. The molecular formula is C21H37N5. The van der Waals surface area contributed by atoms with E-state index in [-0.39, 0.29) is 0 Å². The van der Waals surface area contributed by atoms with E-state index in [0.29, 0.717) is 12.1 Å². The lowest BCUT2D eigenvalue weighted by Gasteiger charge is -2.30. The maximum absolute atomic E-state index is 4.42. The van der Waals surface area contributed by atoms with Crippen LogP contribution in [0.5, 0.6) is 0 Å². The molecular weight excluding hydrogens is 322 g/mol. The van der Waals surface area contributed by atoms with Crippen LogP contribution in [0.3, 0.4) is 0 Å². The minimum Gasteiger partial charge on any atom is -0.355 e. The summed E-state index contributed by atoms with van der Waals surface area (Å²) in [7, 11) is 1.85. The van der Waals surface area contributed by atoms with Gasteiger partial charge in [0.05, 0.1) is 6.04 Å². The number of likely N-dealkylation sites (N-methyl/N-ethyl adjacent to an activating group) is 1. The van der Waals surface area contributed by atoms with Crippen LogP contribution in [0.25, 0.3) is 0 Å². The minimum atomic E-state index is 0.400. The minimum absolute atomic E-state index is 0.400. The maximum Gasteiger partial charge on any atom is 0.191 e. The SMILES string of the molecule is CCN(CC)C(C)CNC(=NC)NCC(c1ccccc1)N1CCCC1. The van der Waals surface area contributed by atoms with E-state index in [1.165, 1.54) is 31.5 Å². The third kappa shape index (κ3) is 5.99. The first-order valence-electron chi connectivity index (χ1n) is 10.2. The number of nitrogens with one attached hydrogen (secondary N) is 2. The molecule has 0 aromatic heterocycles. The Labute approximate surface area is 159 Å². The summed E-state index contributed by atoms with van der Waals surface area (Å²) >= 11 is 0. The highest BCUT2D eigenvalue weighted by Gasteiger charge is 2.23. The molecule has 1 aliphatic heterocycles. The first-order chi connectivity index (χ1) is 12.7. The monoisotopic (exact) mass is 359 g/mol. The van der Waals surface area contributed by atoms with Gasteiger partial charge in [0.15, 0.2) is 5.96 Å². The molecule has 5 nitrogen and oxygen atoms in total. The van der Waals surface area contributed by atoms with Gasteiger partial charge in [0.1, 0.15) is 0 Å². The number of aliphatic imine (C=N–C) groups is 1. The second-order valence-electron chi connectivity index (χ2n) is 7.07. The first kappa shape index (κ1) is 20.7. The van der Waals surface area contributed by atoms with Crippen LogP contribution in [-0.2, 0) is 0 Å². The van der Waals surface area contributed by atoms with Crippen molar-refractivity contribution in [2.75, 3.05) is 46.3 Å². The summed E-state index contributed by atoms with van der Waals surface area (Å²) in [4.78, 5) is 9.47. The standard InChI is InChI=1S/C21H37N5/c1-5-25(6-2)18(3)16-23-21(22-4)24-17-20(26-14-10-11-15-26)19-12-8-7-9-13-19/h7-9,12-13,18,20H,5-6,10-11,14-17H2,1-4H3,(H2,22,23,24). The summed E-state index contributed by atoms with van der Waals surface area (Å²) in [6, 6.07) is 11.7. The Morgan fingerprint density at radius 2 is 1.69 bits per heavy atom. The topological polar surface area (TPSA) is 42.9 Å². The van der Waals surface area contributed by atoms with Crippen LogP contribution < -0.4 is 10.6 Å². The number of hydrogen-bond acceptors (Lipinski definition) is 3. The number of benzene rings is 1. The smallest absolute Gasteiger partial charge is 0.191 e. The zero-order valence-corrected chi connectivity index (χ0v) is 17.0. The number of guanidine groups is 1. The molecule has 0 spiro atoms. The van der Waals surface area contributed by atoms with Crippen LogP contribution in [0.15, 0.2) is 35.3 Å². The van der Waals surface area contributed by atoms with Crippen molar-refractivity contribution in [1.82, 2.24) is 20.4 Å². The summed E-state index contributed by atoms with van der Waals surface area (Å²) in [5.74, 6) is 0.893. The lowest BCUT2D eigenvalue weighted by atomic mass is 10.1. The van der Waals surface area contributed by atoms with E-state index in [4.69, 9.17) is 0 Å². The van der Waals surface area contributed by atoms with Gasteiger partial charge in [0.2, 0.25) is 0 Å². The molecule has 2 atom stereocenters. The van der Waals surface area contributed by atoms with Crippen LogP contribution in [0.1, 0.15) is 45.2 Å². The van der Waals surface area contributed by atoms with Crippen LogP contribution in [0.4, 0.5) is 0 Å². The molecule has 1 aromatic rings. The molecule has 146 valence electrons. The average Bonchev–Trinajstić information content (AvgIpc) is 3.20. The largest absolute Gasteiger partial charge is 0.355 e. The Kier molecular flexibility index (Phi) is 8.92. The van der Waals surface area contributed by atoms with Gasteiger partial charge in [-0.3, -0.25) is 14.8 Å². The summed E-state index contributed by atoms with van der Waals surface area (Å²) in [5.41, 5.74) is 1.38. The molecule has 2 N–H and O–H groups in total. The third-order valence-corrected chi connectivity index (χ3v) is 5.45. The molecule has 1 aromatic carbocycles. The van der Waals surface area contributed by atoms with E-state index >= 15 is 0 Å². The molecule has 2 unspecified atom stereocenters. The fraction of sp³-hybridized carbons (Fsp3) is 0.667. The second kappa shape index (κ2) is 11.2. The molecule has 26 heavy (non-hydrogen) atoms. The van der Waals surface area contributed by atoms with Gasteiger partial charge in [-0.05, 0) is 51.5 Å². The zero-order chi connectivity index (χ0) is 18.8. The second-order valence-corrected chi connectivity index (χ2v) is 7.07. The molecule has 2 rings (SSSR count). The Morgan fingerprint density at radius 3 is 2.27 bits per heavy atom. The van der Waals surface area contributed by atoms with E-state index in [2.05, 4.69) is 76.5 Å². The summed E-state index contributed by atoms with van der Waals surface area (Å²) in [6.45, 7) is 13.0. The molecule has 0 amide bonds. The van der Waals surface area contributed by atoms with Gasteiger partial charge in [-0.15, -0.1) is 0 Å². The van der Waals surface area contributed by atoms with Gasteiger partial charge in [-0.1, -0.05) is 44.2 Å². The Morgan fingerprint density at radius 1 is 1.08 bits per heavy atom. The molecule has 0 bridgehead atoms. The van der Waals surface area contributed by atoms with Crippen LogP contribution >= 0.6 is 0 Å². The molecule has 0 aliphatic carbocycles. The van der Waals surface area contributed by atoms with Gasteiger partial charge < -0.3 is 10.6 Å². The summed E-state index contributed by atoms with van der Waals surface area (Å²) < 4.78 is 0. The fourth-order valence-corrected chi connectivity index (χ4v) is 3.82. The Hall–Kier alpha value is -1.59. The lowest BCUT2D eigenvalue weighted by Crippen LogP contribution is -2.47. The van der Waals surface area contributed by atoms with E-state index in [1.807, 2.05) is 7.05 Å². The van der Waals surface area contributed by atoms with Crippen molar-refractivity contribution in [1.29, 1.82) is 0 Å². The van der Waals surface area contributed by atoms with E-state index in [0.717, 1.165) is 32.1 Å². The number of likely N-dealkylation sites (tertiary alicyclic amines) is 1. The average molecular weight is 360 g/mol. The van der Waals surface area contributed by atoms with Crippen LogP contribution in [0.2, 0.25) is 0 Å². The molecule has 0 radical (unpaired) electrons. The maximum atomic E-state index is 4.42. The van der Waals surface area contributed by atoms with Crippen molar-refractivity contribution < 1.29 is 0 Å². The summed E-state index contributed by atoms with van der Waals surface area (Å²) in [6.07, 6.45) is 2.61. The van der Waals surface area contributed by atoms with Crippen molar-refractivity contribution in [3.63, 3.8) is 0 Å². The molecule has 1 saturated heterocycles. The fourth-order valence-electron chi connectivity index (χ4n) is 3.82. The molecule has 0 saturated carbocycles. The number of rotatable bonds is 9. The number of hydrogen-bond donors (Lipinski definition) is 2. The molecule has 1 fully saturated rings. The number of nitrogens with zero attached hydrogens (tertiary/aromatic N) is 3. The Balaban J connectivity index is 1.91. The van der Waals surface area contributed by atoms with Gasteiger partial charge in [0, 0.05) is 26.2 Å². The quantitative estimate of drug-likeness (QED) is 0.526. The van der Waals surface area contributed by atoms with Crippen molar-refractivity contribution in [2.24, 2.45) is 4.99 Å².